The Hall–Kier alpha value is 0.833. The van der Waals surface area contributed by atoms with Crippen molar-refractivity contribution in [3.05, 3.63) is 11.8 Å². The third kappa shape index (κ3) is 6.36. The van der Waals surface area contributed by atoms with E-state index in [0.29, 0.717) is 13.2 Å². The summed E-state index contributed by atoms with van der Waals surface area (Å²) in [6.07, 6.45) is 5.19. The monoisotopic (exact) mass is 395 g/mol. The van der Waals surface area contributed by atoms with Crippen LogP contribution in [-0.4, -0.2) is 24.3 Å². The summed E-state index contributed by atoms with van der Waals surface area (Å²) in [5.74, 6) is 0. The number of nitrogens with zero attached hydrogens (tertiary/aromatic N) is 2. The predicted molar refractivity (Wildman–Crippen MR) is 41.4 cm³/mol. The molecule has 0 saturated carbocycles. The number of hydrogen-bond acceptors (Lipinski definition) is 4. The molecule has 0 amide bonds. The minimum atomic E-state index is -1.81. The third-order valence-corrected chi connectivity index (χ3v) is 1.47. The Balaban J connectivity index is 0. The molecule has 0 bridgehead atoms. The van der Waals surface area contributed by atoms with Crippen molar-refractivity contribution >= 4 is 14.3 Å². The Morgan fingerprint density at radius 1 is 1.75 bits per heavy atom. The first kappa shape index (κ1) is 15.3. The Labute approximate surface area is 98.2 Å². The summed E-state index contributed by atoms with van der Waals surface area (Å²) in [6, 6.07) is 0. The van der Waals surface area contributed by atoms with Crippen LogP contribution in [0.2, 0.25) is 0 Å². The van der Waals surface area contributed by atoms with Crippen LogP contribution in [0.5, 0.6) is 0 Å². The zero-order valence-corrected chi connectivity index (χ0v) is 11.6. The van der Waals surface area contributed by atoms with E-state index in [1.807, 2.05) is 6.08 Å². The molecule has 0 aromatic heterocycles. The second-order valence-electron chi connectivity index (χ2n) is 1.80. The summed E-state index contributed by atoms with van der Waals surface area (Å²) >= 11 is 0. The summed E-state index contributed by atoms with van der Waals surface area (Å²) in [6.45, 7) is 0.959. The molecule has 0 aromatic carbocycles. The molecule has 1 atom stereocenters. The van der Waals surface area contributed by atoms with Gasteiger partial charge in [-0.2, -0.15) is 10.2 Å². The first-order chi connectivity index (χ1) is 4.79. The molecule has 0 spiro atoms. The fourth-order valence-corrected chi connectivity index (χ4v) is 0.878. The van der Waals surface area contributed by atoms with Crippen molar-refractivity contribution in [1.82, 2.24) is 0 Å². The van der Waals surface area contributed by atoms with E-state index in [9.17, 15) is 0 Å². The van der Waals surface area contributed by atoms with Gasteiger partial charge in [-0.1, -0.05) is 6.30 Å². The van der Waals surface area contributed by atoms with Gasteiger partial charge < -0.3 is 9.42 Å². The molecule has 67 valence electrons. The Morgan fingerprint density at radius 3 is 2.83 bits per heavy atom. The molecule has 0 aromatic rings. The second-order valence-corrected chi connectivity index (χ2v) is 2.88. The minimum Gasteiger partial charge on any atom is -0.355 e. The molecule has 0 aliphatic carbocycles. The van der Waals surface area contributed by atoms with E-state index in [0.717, 1.165) is 5.70 Å². The zero-order chi connectivity index (χ0) is 7.40. The molecule has 1 rings (SSSR count). The van der Waals surface area contributed by atoms with E-state index in [4.69, 9.17) is 9.42 Å². The molecule has 1 unspecified atom stereocenters. The standard InChI is InChI=1S/C5H9N2O2P.V.W/c1-10(8)9-4-5-2-3-6-7-5;;/h2,8,10H,1,3-4H2;;. The quantitative estimate of drug-likeness (QED) is 0.720. The largest absolute Gasteiger partial charge is 0.355 e. The average Bonchev–Trinajstić information content (AvgIpc) is 2.34. The Morgan fingerprint density at radius 2 is 2.42 bits per heavy atom. The molecule has 1 aliphatic heterocycles. The van der Waals surface area contributed by atoms with Crippen molar-refractivity contribution in [2.75, 3.05) is 13.2 Å². The van der Waals surface area contributed by atoms with E-state index in [2.05, 4.69) is 16.5 Å². The molecule has 0 fully saturated rings. The van der Waals surface area contributed by atoms with Crippen molar-refractivity contribution in [3.63, 3.8) is 0 Å². The van der Waals surface area contributed by atoms with Gasteiger partial charge in [0, 0.05) is 39.6 Å². The summed E-state index contributed by atoms with van der Waals surface area (Å²) in [5.41, 5.74) is 0.778. The summed E-state index contributed by atoms with van der Waals surface area (Å²) < 4.78 is 4.85. The van der Waals surface area contributed by atoms with Gasteiger partial charge >= 0.3 is 0 Å². The minimum absolute atomic E-state index is 0. The Bertz CT molecular complexity index is 210. The average molecular weight is 395 g/mol. The smallest absolute Gasteiger partial charge is 0.102 e. The van der Waals surface area contributed by atoms with Gasteiger partial charge in [0.15, 0.2) is 0 Å². The van der Waals surface area contributed by atoms with Crippen LogP contribution in [0.15, 0.2) is 22.0 Å². The molecule has 12 heavy (non-hydrogen) atoms. The maximum atomic E-state index is 8.68. The molecule has 1 radical (unpaired) electrons. The molecular formula is C5H9N2O2PVW. The van der Waals surface area contributed by atoms with E-state index >= 15 is 0 Å². The van der Waals surface area contributed by atoms with Crippen LogP contribution in [0.3, 0.4) is 0 Å². The molecule has 1 aliphatic rings. The number of azo groups is 1. The topological polar surface area (TPSA) is 54.2 Å². The fourth-order valence-electron chi connectivity index (χ4n) is 0.564. The van der Waals surface area contributed by atoms with Gasteiger partial charge in [-0.3, -0.25) is 0 Å². The fraction of sp³-hybridized carbons (Fsp3) is 0.400. The molecular weight excluding hydrogens is 386 g/mol. The second kappa shape index (κ2) is 8.43. The van der Waals surface area contributed by atoms with Crippen molar-refractivity contribution in [2.24, 2.45) is 10.2 Å². The van der Waals surface area contributed by atoms with Crippen LogP contribution in [0.4, 0.5) is 0 Å². The summed E-state index contributed by atoms with van der Waals surface area (Å²) in [5, 5.41) is 7.45. The van der Waals surface area contributed by atoms with Gasteiger partial charge in [-0.05, 0) is 6.08 Å². The van der Waals surface area contributed by atoms with Crippen LogP contribution < -0.4 is 0 Å². The van der Waals surface area contributed by atoms with E-state index in [1.165, 1.54) is 0 Å². The predicted octanol–water partition coefficient (Wildman–Crippen LogP) is 0.816. The molecule has 7 heteroatoms. The van der Waals surface area contributed by atoms with Gasteiger partial charge in [0.1, 0.15) is 8.00 Å². The summed E-state index contributed by atoms with van der Waals surface area (Å²) in [4.78, 5) is 8.68. The maximum Gasteiger partial charge on any atom is 0.102 e. The van der Waals surface area contributed by atoms with Crippen LogP contribution in [0.1, 0.15) is 0 Å². The van der Waals surface area contributed by atoms with Crippen molar-refractivity contribution in [3.8, 4) is 0 Å². The van der Waals surface area contributed by atoms with Crippen molar-refractivity contribution < 1.29 is 49.0 Å². The van der Waals surface area contributed by atoms with Crippen molar-refractivity contribution in [2.45, 2.75) is 0 Å². The van der Waals surface area contributed by atoms with Gasteiger partial charge in [0.05, 0.1) is 18.8 Å². The van der Waals surface area contributed by atoms with E-state index in [-0.39, 0.29) is 39.6 Å². The normalized spacial score (nSPS) is 15.9. The molecule has 4 nitrogen and oxygen atoms in total. The summed E-state index contributed by atoms with van der Waals surface area (Å²) in [7, 11) is -1.81. The number of rotatable bonds is 3. The van der Waals surface area contributed by atoms with E-state index < -0.39 is 8.00 Å². The number of hydrogen-bond donors (Lipinski definition) is 1. The van der Waals surface area contributed by atoms with Gasteiger partial charge in [-0.25, -0.2) is 0 Å². The van der Waals surface area contributed by atoms with Crippen LogP contribution >= 0.6 is 8.00 Å². The van der Waals surface area contributed by atoms with Crippen molar-refractivity contribution in [1.29, 1.82) is 0 Å². The third-order valence-electron chi connectivity index (χ3n) is 0.994. The zero-order valence-electron chi connectivity index (χ0n) is 6.30. The van der Waals surface area contributed by atoms with Gasteiger partial charge in [-0.15, -0.1) is 0 Å². The van der Waals surface area contributed by atoms with Crippen LogP contribution in [0.25, 0.3) is 0 Å². The molecule has 0 saturated heterocycles. The van der Waals surface area contributed by atoms with Crippen LogP contribution in [0, 0.1) is 0 Å². The first-order valence-electron chi connectivity index (χ1n) is 2.86. The van der Waals surface area contributed by atoms with E-state index in [1.54, 1.807) is 0 Å². The van der Waals surface area contributed by atoms with Gasteiger partial charge in [0.25, 0.3) is 0 Å². The van der Waals surface area contributed by atoms with Gasteiger partial charge in [0.2, 0.25) is 0 Å². The maximum absolute atomic E-state index is 8.68. The SMILES string of the molecule is C=[PH](O)OCC1=CCN=N1.[V].[W]. The first-order valence-corrected chi connectivity index (χ1v) is 4.42. The molecule has 1 N–H and O–H groups in total. The molecule has 1 heterocycles. The van der Waals surface area contributed by atoms with Crippen LogP contribution in [-0.2, 0) is 44.1 Å². The Kier molecular flexibility index (Phi) is 10.8.